The summed E-state index contributed by atoms with van der Waals surface area (Å²) in [5.41, 5.74) is -0.452. The third-order valence-electron chi connectivity index (χ3n) is 2.29. The van der Waals surface area contributed by atoms with Crippen molar-refractivity contribution in [1.82, 2.24) is 4.90 Å². The predicted molar refractivity (Wildman–Crippen MR) is 42.3 cm³/mol. The zero-order valence-electron chi connectivity index (χ0n) is 7.55. The molecule has 3 nitrogen and oxygen atoms in total. The van der Waals surface area contributed by atoms with Crippen LogP contribution in [0.5, 0.6) is 0 Å². The molecule has 1 aliphatic rings. The fourth-order valence-electron chi connectivity index (χ4n) is 1.13. The molecule has 1 atom stereocenters. The van der Waals surface area contributed by atoms with E-state index in [-0.39, 0.29) is 12.1 Å². The number of cyclic esters (lactones) is 1. The van der Waals surface area contributed by atoms with E-state index in [0.29, 0.717) is 0 Å². The zero-order chi connectivity index (χ0) is 8.65. The van der Waals surface area contributed by atoms with Gasteiger partial charge in [-0.3, -0.25) is 9.69 Å². The smallest absolute Gasteiger partial charge is 0.326 e. The minimum atomic E-state index is -0.452. The third-order valence-corrected chi connectivity index (χ3v) is 2.29. The lowest BCUT2D eigenvalue weighted by molar-refractivity contribution is -0.171. The number of carbonyl (C=O) groups is 1. The molecule has 1 heterocycles. The van der Waals surface area contributed by atoms with E-state index >= 15 is 0 Å². The van der Waals surface area contributed by atoms with Gasteiger partial charge in [0.25, 0.3) is 0 Å². The number of morpholine rings is 1. The van der Waals surface area contributed by atoms with Gasteiger partial charge in [-0.15, -0.1) is 0 Å². The second kappa shape index (κ2) is 2.48. The Kier molecular flexibility index (Phi) is 1.92. The molecule has 1 fully saturated rings. The largest absolute Gasteiger partial charge is 0.460 e. The van der Waals surface area contributed by atoms with Crippen molar-refractivity contribution in [3.05, 3.63) is 0 Å². The molecule has 0 N–H and O–H groups in total. The second-order valence-corrected chi connectivity index (χ2v) is 3.66. The molecule has 0 bridgehead atoms. The molecule has 3 heteroatoms. The topological polar surface area (TPSA) is 29.5 Å². The lowest BCUT2D eigenvalue weighted by atomic mass is 10.0. The van der Waals surface area contributed by atoms with Gasteiger partial charge in [-0.1, -0.05) is 0 Å². The van der Waals surface area contributed by atoms with Gasteiger partial charge in [0.1, 0.15) is 11.6 Å². The number of hydrogen-bond acceptors (Lipinski definition) is 3. The molecule has 0 aromatic rings. The first-order valence-corrected chi connectivity index (χ1v) is 3.87. The van der Waals surface area contributed by atoms with Crippen LogP contribution in [0.15, 0.2) is 0 Å². The van der Waals surface area contributed by atoms with Crippen molar-refractivity contribution >= 4 is 5.97 Å². The van der Waals surface area contributed by atoms with Crippen molar-refractivity contribution in [2.45, 2.75) is 32.4 Å². The van der Waals surface area contributed by atoms with Crippen LogP contribution in [0.25, 0.3) is 0 Å². The maximum Gasteiger partial charge on any atom is 0.326 e. The summed E-state index contributed by atoms with van der Waals surface area (Å²) in [6, 6.07) is 0. The van der Waals surface area contributed by atoms with Crippen molar-refractivity contribution in [3.63, 3.8) is 0 Å². The van der Waals surface area contributed by atoms with E-state index < -0.39 is 5.54 Å². The van der Waals surface area contributed by atoms with Crippen LogP contribution >= 0.6 is 0 Å². The number of ether oxygens (including phenoxy) is 1. The molecule has 1 aliphatic heterocycles. The van der Waals surface area contributed by atoms with E-state index in [1.165, 1.54) is 0 Å². The van der Waals surface area contributed by atoms with Gasteiger partial charge < -0.3 is 4.74 Å². The van der Waals surface area contributed by atoms with Gasteiger partial charge in [0, 0.05) is 6.54 Å². The van der Waals surface area contributed by atoms with Crippen LogP contribution in [0.2, 0.25) is 0 Å². The number of carbonyl (C=O) groups excluding carboxylic acids is 1. The molecule has 0 aromatic heterocycles. The summed E-state index contributed by atoms with van der Waals surface area (Å²) in [4.78, 5) is 13.3. The number of likely N-dealkylation sites (N-methyl/N-ethyl adjacent to an activating group) is 1. The Morgan fingerprint density at radius 1 is 1.64 bits per heavy atom. The normalized spacial score (nSPS) is 31.6. The van der Waals surface area contributed by atoms with Crippen molar-refractivity contribution in [3.8, 4) is 0 Å². The molecule has 0 saturated carbocycles. The van der Waals surface area contributed by atoms with E-state index in [4.69, 9.17) is 4.74 Å². The Morgan fingerprint density at radius 2 is 2.18 bits per heavy atom. The number of nitrogens with zero attached hydrogens (tertiary/aromatic N) is 1. The highest BCUT2D eigenvalue weighted by Crippen LogP contribution is 2.20. The third kappa shape index (κ3) is 1.38. The van der Waals surface area contributed by atoms with Crippen molar-refractivity contribution in [2.75, 3.05) is 13.6 Å². The quantitative estimate of drug-likeness (QED) is 0.483. The molecule has 0 amide bonds. The van der Waals surface area contributed by atoms with Gasteiger partial charge in [0.2, 0.25) is 0 Å². The number of esters is 1. The molecule has 0 spiro atoms. The van der Waals surface area contributed by atoms with E-state index in [1.54, 1.807) is 0 Å². The Morgan fingerprint density at radius 3 is 2.64 bits per heavy atom. The summed E-state index contributed by atoms with van der Waals surface area (Å²) < 4.78 is 5.09. The van der Waals surface area contributed by atoms with Gasteiger partial charge in [-0.05, 0) is 27.8 Å². The molecular formula is C8H15NO2. The zero-order valence-corrected chi connectivity index (χ0v) is 7.55. The van der Waals surface area contributed by atoms with Crippen LogP contribution in [0.4, 0.5) is 0 Å². The first-order valence-electron chi connectivity index (χ1n) is 3.87. The van der Waals surface area contributed by atoms with Crippen LogP contribution in [0.1, 0.15) is 20.8 Å². The molecule has 1 rings (SSSR count). The minimum absolute atomic E-state index is 0.0283. The molecule has 11 heavy (non-hydrogen) atoms. The van der Waals surface area contributed by atoms with Crippen molar-refractivity contribution < 1.29 is 9.53 Å². The van der Waals surface area contributed by atoms with E-state index in [1.807, 2.05) is 32.7 Å². The summed E-state index contributed by atoms with van der Waals surface area (Å²) in [6.45, 7) is 6.48. The highest BCUT2D eigenvalue weighted by atomic mass is 16.5. The first-order chi connectivity index (χ1) is 4.94. The Balaban J connectivity index is 2.76. The highest BCUT2D eigenvalue weighted by molar-refractivity contribution is 5.80. The van der Waals surface area contributed by atoms with Crippen molar-refractivity contribution in [1.29, 1.82) is 0 Å². The van der Waals surface area contributed by atoms with Gasteiger partial charge in [0.15, 0.2) is 0 Å². The Bertz CT molecular complexity index is 177. The van der Waals surface area contributed by atoms with Crippen LogP contribution in [-0.2, 0) is 9.53 Å². The summed E-state index contributed by atoms with van der Waals surface area (Å²) in [6.07, 6.45) is 0.0283. The van der Waals surface area contributed by atoms with E-state index in [2.05, 4.69) is 0 Å². The minimum Gasteiger partial charge on any atom is -0.460 e. The predicted octanol–water partition coefficient (Wildman–Crippen LogP) is 0.642. The van der Waals surface area contributed by atoms with E-state index in [0.717, 1.165) is 6.54 Å². The molecule has 0 aliphatic carbocycles. The number of hydrogen-bond donors (Lipinski definition) is 0. The van der Waals surface area contributed by atoms with Gasteiger partial charge in [-0.2, -0.15) is 0 Å². The van der Waals surface area contributed by atoms with Gasteiger partial charge in [-0.25, -0.2) is 0 Å². The Labute approximate surface area is 67.3 Å². The molecule has 0 radical (unpaired) electrons. The second-order valence-electron chi connectivity index (χ2n) is 3.66. The average molecular weight is 157 g/mol. The number of rotatable bonds is 0. The lowest BCUT2D eigenvalue weighted by Gasteiger charge is -2.40. The Hall–Kier alpha value is -0.570. The average Bonchev–Trinajstić information content (AvgIpc) is 1.84. The molecule has 1 unspecified atom stereocenters. The lowest BCUT2D eigenvalue weighted by Crippen LogP contribution is -2.56. The van der Waals surface area contributed by atoms with Gasteiger partial charge >= 0.3 is 5.97 Å². The van der Waals surface area contributed by atoms with E-state index in [9.17, 15) is 4.79 Å². The summed E-state index contributed by atoms with van der Waals surface area (Å²) in [5.74, 6) is -0.126. The van der Waals surface area contributed by atoms with Crippen LogP contribution in [0.3, 0.4) is 0 Å². The summed E-state index contributed by atoms with van der Waals surface area (Å²) in [5, 5.41) is 0. The highest BCUT2D eigenvalue weighted by Gasteiger charge is 2.39. The standard InChI is InChI=1S/C8H15NO2/c1-6-5-9(4)8(2,3)7(10)11-6/h6H,5H2,1-4H3. The molecule has 0 aromatic carbocycles. The van der Waals surface area contributed by atoms with Crippen LogP contribution < -0.4 is 0 Å². The summed E-state index contributed by atoms with van der Waals surface area (Å²) >= 11 is 0. The van der Waals surface area contributed by atoms with Crippen LogP contribution in [-0.4, -0.2) is 36.1 Å². The molecule has 64 valence electrons. The maximum absolute atomic E-state index is 11.3. The maximum atomic E-state index is 11.3. The molecular weight excluding hydrogens is 142 g/mol. The fraction of sp³-hybridized carbons (Fsp3) is 0.875. The van der Waals surface area contributed by atoms with Gasteiger partial charge in [0.05, 0.1) is 0 Å². The fourth-order valence-corrected chi connectivity index (χ4v) is 1.13. The summed E-state index contributed by atoms with van der Waals surface area (Å²) in [7, 11) is 1.94. The first kappa shape index (κ1) is 8.53. The van der Waals surface area contributed by atoms with Crippen LogP contribution in [0, 0.1) is 0 Å². The van der Waals surface area contributed by atoms with Crippen molar-refractivity contribution in [2.24, 2.45) is 0 Å². The molecule has 1 saturated heterocycles. The SMILES string of the molecule is CC1CN(C)C(C)(C)C(=O)O1. The monoisotopic (exact) mass is 157 g/mol.